The number of aromatic carboxylic acids is 1. The highest BCUT2D eigenvalue weighted by molar-refractivity contribution is 6.06. The monoisotopic (exact) mass is 642 g/mol. The molecule has 46 heavy (non-hydrogen) atoms. The van der Waals surface area contributed by atoms with Gasteiger partial charge in [0.1, 0.15) is 11.9 Å². The van der Waals surface area contributed by atoms with Crippen molar-refractivity contribution in [2.75, 3.05) is 6.54 Å². The number of nitrogens with two attached hydrogens (primary N) is 2. The predicted molar refractivity (Wildman–Crippen MR) is 163 cm³/mol. The molecule has 1 atom stereocenters. The number of carbonyl (C=O) groups excluding carboxylic acids is 1. The lowest BCUT2D eigenvalue weighted by Gasteiger charge is -2.19. The highest BCUT2D eigenvalue weighted by Crippen LogP contribution is 2.46. The molecule has 4 aromatic rings. The average molecular weight is 643 g/mol. The first-order valence-electron chi connectivity index (χ1n) is 14.5. The molecule has 7 N–H and O–H groups in total. The Kier molecular flexibility index (Phi) is 10.5. The van der Waals surface area contributed by atoms with Crippen molar-refractivity contribution in [1.29, 1.82) is 0 Å². The number of carboxylic acid groups (broad SMARTS) is 2. The molecular weight excluding hydrogens is 608 g/mol. The normalized spacial score (nSPS) is 14.2. The minimum Gasteiger partial charge on any atom is -0.480 e. The standard InChI is InChI=1S/C27H20F4N2O3.C6H14N2O2/c28-21-13-18-9-12-33(15-16-1-5-20(6-2-16)27(29,30)31)23(18)22(14-21)24(34)32-26(10-11-26)19-7-3-17(4-8-19)25(35)36;7-4-2-1-3-5(8)6(9)10/h1-9,12-14H,10-11,15H2,(H,32,34)(H,35,36);5H,1-4,7-8H2,(H,9,10)/t;5-/m.0/s1. The molecule has 1 aliphatic rings. The van der Waals surface area contributed by atoms with Crippen LogP contribution in [0.1, 0.15) is 69.5 Å². The van der Waals surface area contributed by atoms with Crippen molar-refractivity contribution >= 4 is 28.7 Å². The quantitative estimate of drug-likeness (QED) is 0.107. The number of hydrogen-bond donors (Lipinski definition) is 5. The molecule has 0 unspecified atom stereocenters. The number of aliphatic carboxylic acids is 1. The number of unbranched alkanes of at least 4 members (excludes halogenated alkanes) is 1. The summed E-state index contributed by atoms with van der Waals surface area (Å²) < 4.78 is 54.8. The molecule has 3 aromatic carbocycles. The molecule has 1 fully saturated rings. The average Bonchev–Trinajstić information content (AvgIpc) is 3.69. The number of fused-ring (bicyclic) bond motifs is 1. The summed E-state index contributed by atoms with van der Waals surface area (Å²) in [6.45, 7) is 0.793. The van der Waals surface area contributed by atoms with Gasteiger partial charge in [-0.15, -0.1) is 0 Å². The van der Waals surface area contributed by atoms with Crippen LogP contribution >= 0.6 is 0 Å². The van der Waals surface area contributed by atoms with Gasteiger partial charge in [0.15, 0.2) is 0 Å². The highest BCUT2D eigenvalue weighted by Gasteiger charge is 2.46. The fraction of sp³-hybridized carbons (Fsp3) is 0.303. The van der Waals surface area contributed by atoms with Gasteiger partial charge in [-0.25, -0.2) is 9.18 Å². The van der Waals surface area contributed by atoms with E-state index in [1.54, 1.807) is 29.0 Å². The predicted octanol–water partition coefficient (Wildman–Crippen LogP) is 5.49. The number of rotatable bonds is 11. The molecule has 0 spiro atoms. The van der Waals surface area contributed by atoms with E-state index in [0.29, 0.717) is 42.3 Å². The van der Waals surface area contributed by atoms with Gasteiger partial charge in [-0.1, -0.05) is 30.7 Å². The second-order valence-corrected chi connectivity index (χ2v) is 11.2. The molecule has 1 amide bonds. The number of halogens is 4. The Hall–Kier alpha value is -4.75. The van der Waals surface area contributed by atoms with E-state index in [9.17, 15) is 31.9 Å². The van der Waals surface area contributed by atoms with Crippen LogP contribution in [0.25, 0.3) is 10.9 Å². The third-order valence-electron chi connectivity index (χ3n) is 7.78. The largest absolute Gasteiger partial charge is 0.480 e. The van der Waals surface area contributed by atoms with Crippen LogP contribution in [-0.4, -0.2) is 45.2 Å². The highest BCUT2D eigenvalue weighted by atomic mass is 19.4. The molecule has 13 heteroatoms. The lowest BCUT2D eigenvalue weighted by Crippen LogP contribution is -2.35. The number of hydrogen-bond acceptors (Lipinski definition) is 5. The zero-order chi connectivity index (χ0) is 33.6. The van der Waals surface area contributed by atoms with Crippen LogP contribution in [0.2, 0.25) is 0 Å². The Labute approximate surface area is 261 Å². The smallest absolute Gasteiger partial charge is 0.416 e. The number of alkyl halides is 3. The van der Waals surface area contributed by atoms with Gasteiger partial charge in [-0.2, -0.15) is 13.2 Å². The lowest BCUT2D eigenvalue weighted by atomic mass is 10.0. The van der Waals surface area contributed by atoms with E-state index in [-0.39, 0.29) is 17.7 Å². The van der Waals surface area contributed by atoms with Crippen molar-refractivity contribution in [3.05, 3.63) is 107 Å². The summed E-state index contributed by atoms with van der Waals surface area (Å²) in [5.74, 6) is -3.06. The van der Waals surface area contributed by atoms with Gasteiger partial charge in [-0.3, -0.25) is 9.59 Å². The van der Waals surface area contributed by atoms with E-state index in [1.807, 2.05) is 0 Å². The summed E-state index contributed by atoms with van der Waals surface area (Å²) in [7, 11) is 0. The molecule has 1 aliphatic carbocycles. The molecule has 0 radical (unpaired) electrons. The van der Waals surface area contributed by atoms with Crippen LogP contribution in [0.5, 0.6) is 0 Å². The van der Waals surface area contributed by atoms with E-state index in [1.165, 1.54) is 30.3 Å². The van der Waals surface area contributed by atoms with Gasteiger partial charge in [0.25, 0.3) is 5.91 Å². The molecule has 1 heterocycles. The zero-order valence-electron chi connectivity index (χ0n) is 24.7. The van der Waals surface area contributed by atoms with Crippen molar-refractivity contribution in [3.63, 3.8) is 0 Å². The van der Waals surface area contributed by atoms with Gasteiger partial charge >= 0.3 is 18.1 Å². The Balaban J connectivity index is 0.000000416. The third kappa shape index (κ3) is 8.29. The van der Waals surface area contributed by atoms with Crippen LogP contribution in [0.4, 0.5) is 17.6 Å². The number of benzene rings is 3. The Morgan fingerprint density at radius 2 is 1.61 bits per heavy atom. The van der Waals surface area contributed by atoms with Gasteiger partial charge < -0.3 is 31.6 Å². The molecule has 1 aromatic heterocycles. The number of nitrogens with zero attached hydrogens (tertiary/aromatic N) is 1. The van der Waals surface area contributed by atoms with Crippen molar-refractivity contribution in [3.8, 4) is 0 Å². The fourth-order valence-electron chi connectivity index (χ4n) is 5.07. The second-order valence-electron chi connectivity index (χ2n) is 11.2. The molecule has 0 bridgehead atoms. The first-order chi connectivity index (χ1) is 21.7. The summed E-state index contributed by atoms with van der Waals surface area (Å²) >= 11 is 0. The maximum atomic E-state index is 14.4. The summed E-state index contributed by atoms with van der Waals surface area (Å²) in [4.78, 5) is 34.6. The maximum absolute atomic E-state index is 14.4. The molecule has 0 aliphatic heterocycles. The number of amides is 1. The van der Waals surface area contributed by atoms with Crippen LogP contribution in [-0.2, 0) is 23.1 Å². The number of carboxylic acids is 2. The zero-order valence-corrected chi connectivity index (χ0v) is 24.7. The molecule has 5 rings (SSSR count). The van der Waals surface area contributed by atoms with Gasteiger partial charge in [-0.05, 0) is 85.8 Å². The van der Waals surface area contributed by atoms with E-state index < -0.39 is 47.0 Å². The first kappa shape index (κ1) is 34.1. The van der Waals surface area contributed by atoms with Crippen LogP contribution in [0.15, 0.2) is 72.9 Å². The molecular formula is C33H34F4N4O5. The minimum atomic E-state index is -4.44. The Bertz CT molecular complexity index is 1700. The number of nitrogens with one attached hydrogen (secondary N) is 1. The second kappa shape index (κ2) is 14.1. The first-order valence-corrected chi connectivity index (χ1v) is 14.5. The van der Waals surface area contributed by atoms with Crippen LogP contribution in [0, 0.1) is 5.82 Å². The SMILES string of the molecule is NCCCC[C@H](N)C(=O)O.O=C(O)c1ccc(C2(NC(=O)c3cc(F)cc4ccn(Cc5ccc(C(F)(F)F)cc5)c34)CC2)cc1. The topological polar surface area (TPSA) is 161 Å². The van der Waals surface area contributed by atoms with Crippen molar-refractivity contribution < 1.29 is 42.2 Å². The molecule has 1 saturated carbocycles. The van der Waals surface area contributed by atoms with Gasteiger partial charge in [0, 0.05) is 18.1 Å². The number of carbonyl (C=O) groups is 3. The molecule has 0 saturated heterocycles. The van der Waals surface area contributed by atoms with Gasteiger partial charge in [0.05, 0.1) is 27.7 Å². The fourth-order valence-corrected chi connectivity index (χ4v) is 5.07. The van der Waals surface area contributed by atoms with E-state index in [2.05, 4.69) is 5.32 Å². The van der Waals surface area contributed by atoms with E-state index in [4.69, 9.17) is 21.7 Å². The van der Waals surface area contributed by atoms with E-state index >= 15 is 0 Å². The molecule has 244 valence electrons. The summed E-state index contributed by atoms with van der Waals surface area (Å²) in [5.41, 5.74) is 11.1. The summed E-state index contributed by atoms with van der Waals surface area (Å²) in [6, 6.07) is 14.4. The minimum absolute atomic E-state index is 0.107. The van der Waals surface area contributed by atoms with Gasteiger partial charge in [0.2, 0.25) is 0 Å². The lowest BCUT2D eigenvalue weighted by molar-refractivity contribution is -0.139. The third-order valence-corrected chi connectivity index (χ3v) is 7.78. The molecule has 9 nitrogen and oxygen atoms in total. The van der Waals surface area contributed by atoms with Crippen molar-refractivity contribution in [1.82, 2.24) is 9.88 Å². The van der Waals surface area contributed by atoms with E-state index in [0.717, 1.165) is 36.6 Å². The maximum Gasteiger partial charge on any atom is 0.416 e. The van der Waals surface area contributed by atoms with Crippen molar-refractivity contribution in [2.24, 2.45) is 11.5 Å². The van der Waals surface area contributed by atoms with Crippen molar-refractivity contribution in [2.45, 2.75) is 56.4 Å². The Morgan fingerprint density at radius 1 is 0.957 bits per heavy atom. The Morgan fingerprint density at radius 3 is 2.15 bits per heavy atom. The summed E-state index contributed by atoms with van der Waals surface area (Å²) in [6.07, 6.45) is 0.689. The van der Waals surface area contributed by atoms with Crippen LogP contribution in [0.3, 0.4) is 0 Å². The van der Waals surface area contributed by atoms with Crippen LogP contribution < -0.4 is 16.8 Å². The number of aromatic nitrogens is 1. The summed E-state index contributed by atoms with van der Waals surface area (Å²) in [5, 5.41) is 20.9.